The van der Waals surface area contributed by atoms with E-state index in [-0.39, 0.29) is 0 Å². The van der Waals surface area contributed by atoms with Gasteiger partial charge in [-0.05, 0) is 43.9 Å². The van der Waals surface area contributed by atoms with Crippen LogP contribution in [0.5, 0.6) is 0 Å². The molecule has 1 amide bonds. The van der Waals surface area contributed by atoms with Crippen molar-refractivity contribution in [2.24, 2.45) is 11.8 Å². The number of rotatable bonds is 4. The Labute approximate surface area is 97.6 Å². The lowest BCUT2D eigenvalue weighted by Gasteiger charge is -2.33. The number of likely N-dealkylation sites (tertiary alicyclic amines) is 1. The number of nitrogens with one attached hydrogen (secondary N) is 1. The molecule has 1 unspecified atom stereocenters. The summed E-state index contributed by atoms with van der Waals surface area (Å²) in [5.74, 6) is 2.22. The highest BCUT2D eigenvalue weighted by Gasteiger charge is 2.42. The third kappa shape index (κ3) is 2.24. The van der Waals surface area contributed by atoms with Crippen molar-refractivity contribution in [3.63, 3.8) is 0 Å². The van der Waals surface area contributed by atoms with Crippen molar-refractivity contribution in [1.82, 2.24) is 10.2 Å². The molecule has 1 N–H and O–H groups in total. The highest BCUT2D eigenvalue weighted by atomic mass is 16.2. The predicted molar refractivity (Wildman–Crippen MR) is 63.0 cm³/mol. The van der Waals surface area contributed by atoms with Gasteiger partial charge in [-0.25, -0.2) is 0 Å². The Kier molecular flexibility index (Phi) is 2.66. The van der Waals surface area contributed by atoms with Gasteiger partial charge in [-0.3, -0.25) is 4.79 Å². The molecule has 0 bridgehead atoms. The van der Waals surface area contributed by atoms with E-state index in [0.29, 0.717) is 11.9 Å². The SMILES string of the molecule is CN1CC(NC(C2CC2)C2CC2)CCC1=O. The molecule has 16 heavy (non-hydrogen) atoms. The monoisotopic (exact) mass is 222 g/mol. The van der Waals surface area contributed by atoms with E-state index in [1.54, 1.807) is 0 Å². The first-order chi connectivity index (χ1) is 7.74. The van der Waals surface area contributed by atoms with Crippen molar-refractivity contribution in [3.8, 4) is 0 Å². The van der Waals surface area contributed by atoms with Gasteiger partial charge in [0, 0.05) is 32.1 Å². The van der Waals surface area contributed by atoms with Crippen LogP contribution in [0.3, 0.4) is 0 Å². The summed E-state index contributed by atoms with van der Waals surface area (Å²) in [6, 6.07) is 1.32. The number of likely N-dealkylation sites (N-methyl/N-ethyl adjacent to an activating group) is 1. The second-order valence-electron chi connectivity index (χ2n) is 5.88. The first-order valence-electron chi connectivity index (χ1n) is 6.74. The van der Waals surface area contributed by atoms with Gasteiger partial charge in [0.15, 0.2) is 0 Å². The number of piperidine rings is 1. The Morgan fingerprint density at radius 2 is 1.81 bits per heavy atom. The summed E-state index contributed by atoms with van der Waals surface area (Å²) >= 11 is 0. The van der Waals surface area contributed by atoms with Crippen LogP contribution in [0.2, 0.25) is 0 Å². The van der Waals surface area contributed by atoms with Crippen molar-refractivity contribution < 1.29 is 4.79 Å². The molecule has 0 aromatic carbocycles. The van der Waals surface area contributed by atoms with E-state index in [9.17, 15) is 4.79 Å². The van der Waals surface area contributed by atoms with Crippen LogP contribution in [0.15, 0.2) is 0 Å². The highest BCUT2D eigenvalue weighted by molar-refractivity contribution is 5.76. The lowest BCUT2D eigenvalue weighted by atomic mass is 10.0. The second-order valence-corrected chi connectivity index (χ2v) is 5.88. The number of hydrogen-bond acceptors (Lipinski definition) is 2. The van der Waals surface area contributed by atoms with Crippen molar-refractivity contribution in [3.05, 3.63) is 0 Å². The maximum absolute atomic E-state index is 11.4. The zero-order valence-corrected chi connectivity index (χ0v) is 10.1. The van der Waals surface area contributed by atoms with Crippen molar-refractivity contribution in [2.75, 3.05) is 13.6 Å². The van der Waals surface area contributed by atoms with Crippen LogP contribution in [0.4, 0.5) is 0 Å². The summed E-state index contributed by atoms with van der Waals surface area (Å²) < 4.78 is 0. The van der Waals surface area contributed by atoms with E-state index in [1.807, 2.05) is 11.9 Å². The first-order valence-corrected chi connectivity index (χ1v) is 6.74. The average Bonchev–Trinajstić information content (AvgIpc) is 3.14. The van der Waals surface area contributed by atoms with Gasteiger partial charge in [0.05, 0.1) is 0 Å². The molecule has 1 aliphatic heterocycles. The van der Waals surface area contributed by atoms with Crippen molar-refractivity contribution >= 4 is 5.91 Å². The Morgan fingerprint density at radius 1 is 1.19 bits per heavy atom. The minimum atomic E-state index is 0.312. The molecule has 3 heteroatoms. The Balaban J connectivity index is 1.54. The van der Waals surface area contributed by atoms with Crippen LogP contribution < -0.4 is 5.32 Å². The van der Waals surface area contributed by atoms with E-state index >= 15 is 0 Å². The van der Waals surface area contributed by atoms with Gasteiger partial charge < -0.3 is 10.2 Å². The van der Waals surface area contributed by atoms with Gasteiger partial charge in [0.1, 0.15) is 0 Å². The third-order valence-electron chi connectivity index (χ3n) is 4.31. The smallest absolute Gasteiger partial charge is 0.222 e. The molecule has 3 rings (SSSR count). The number of nitrogens with zero attached hydrogens (tertiary/aromatic N) is 1. The second kappa shape index (κ2) is 4.02. The largest absolute Gasteiger partial charge is 0.344 e. The Morgan fingerprint density at radius 3 is 2.31 bits per heavy atom. The van der Waals surface area contributed by atoms with E-state index in [0.717, 1.165) is 37.3 Å². The number of carbonyl (C=O) groups excluding carboxylic acids is 1. The van der Waals surface area contributed by atoms with Crippen LogP contribution in [-0.2, 0) is 4.79 Å². The van der Waals surface area contributed by atoms with Crippen LogP contribution in [0.1, 0.15) is 38.5 Å². The lowest BCUT2D eigenvalue weighted by molar-refractivity contribution is -0.132. The first kappa shape index (κ1) is 10.6. The summed E-state index contributed by atoms with van der Waals surface area (Å²) in [5.41, 5.74) is 0. The molecule has 3 fully saturated rings. The minimum absolute atomic E-state index is 0.312. The Bertz CT molecular complexity index is 272. The molecule has 2 aliphatic carbocycles. The fraction of sp³-hybridized carbons (Fsp3) is 0.923. The topological polar surface area (TPSA) is 32.3 Å². The summed E-state index contributed by atoms with van der Waals surface area (Å²) in [6.07, 6.45) is 7.48. The molecular formula is C13H22N2O. The van der Waals surface area contributed by atoms with E-state index in [2.05, 4.69) is 5.32 Å². The number of carbonyl (C=O) groups is 1. The standard InChI is InChI=1S/C13H22N2O/c1-15-8-11(6-7-12(15)16)14-13(9-2-3-9)10-4-5-10/h9-11,13-14H,2-8H2,1H3. The molecule has 2 saturated carbocycles. The molecule has 0 spiro atoms. The third-order valence-corrected chi connectivity index (χ3v) is 4.31. The molecule has 1 atom stereocenters. The molecule has 0 aromatic rings. The molecular weight excluding hydrogens is 200 g/mol. The summed E-state index contributed by atoms with van der Waals surface area (Å²) in [6.45, 7) is 0.911. The fourth-order valence-electron chi connectivity index (χ4n) is 2.99. The van der Waals surface area contributed by atoms with Gasteiger partial charge in [-0.1, -0.05) is 0 Å². The number of hydrogen-bond donors (Lipinski definition) is 1. The normalized spacial score (nSPS) is 31.2. The van der Waals surface area contributed by atoms with Crippen LogP contribution >= 0.6 is 0 Å². The van der Waals surface area contributed by atoms with Crippen LogP contribution in [-0.4, -0.2) is 36.5 Å². The molecule has 90 valence electrons. The predicted octanol–water partition coefficient (Wildman–Crippen LogP) is 1.39. The fourth-order valence-corrected chi connectivity index (χ4v) is 2.99. The van der Waals surface area contributed by atoms with Gasteiger partial charge in [0.25, 0.3) is 0 Å². The maximum Gasteiger partial charge on any atom is 0.222 e. The summed E-state index contributed by atoms with van der Waals surface area (Å²) in [5, 5.41) is 3.84. The lowest BCUT2D eigenvalue weighted by Crippen LogP contribution is -2.51. The van der Waals surface area contributed by atoms with E-state index in [1.165, 1.54) is 25.7 Å². The molecule has 0 radical (unpaired) electrons. The number of amides is 1. The average molecular weight is 222 g/mol. The maximum atomic E-state index is 11.4. The molecule has 3 aliphatic rings. The minimum Gasteiger partial charge on any atom is -0.344 e. The molecule has 0 aromatic heterocycles. The van der Waals surface area contributed by atoms with Crippen LogP contribution in [0.25, 0.3) is 0 Å². The Hall–Kier alpha value is -0.570. The van der Waals surface area contributed by atoms with Crippen LogP contribution in [0, 0.1) is 11.8 Å². The molecule has 3 nitrogen and oxygen atoms in total. The molecule has 1 saturated heterocycles. The van der Waals surface area contributed by atoms with Gasteiger partial charge >= 0.3 is 0 Å². The van der Waals surface area contributed by atoms with Crippen molar-refractivity contribution in [1.29, 1.82) is 0 Å². The zero-order valence-electron chi connectivity index (χ0n) is 10.1. The van der Waals surface area contributed by atoms with E-state index < -0.39 is 0 Å². The summed E-state index contributed by atoms with van der Waals surface area (Å²) in [4.78, 5) is 13.3. The quantitative estimate of drug-likeness (QED) is 0.779. The molecule has 1 heterocycles. The zero-order chi connectivity index (χ0) is 11.1. The van der Waals surface area contributed by atoms with Crippen molar-refractivity contribution in [2.45, 2.75) is 50.6 Å². The van der Waals surface area contributed by atoms with E-state index in [4.69, 9.17) is 0 Å². The highest BCUT2D eigenvalue weighted by Crippen LogP contribution is 2.44. The van der Waals surface area contributed by atoms with Gasteiger partial charge in [-0.2, -0.15) is 0 Å². The summed E-state index contributed by atoms with van der Waals surface area (Å²) in [7, 11) is 1.93. The van der Waals surface area contributed by atoms with Gasteiger partial charge in [-0.15, -0.1) is 0 Å². The van der Waals surface area contributed by atoms with Gasteiger partial charge in [0.2, 0.25) is 5.91 Å².